The minimum Gasteiger partial charge on any atom is -0.370 e. The molecule has 3 rings (SSSR count). The molecule has 1 atom stereocenters. The summed E-state index contributed by atoms with van der Waals surface area (Å²) in [6.07, 6.45) is 1.90. The van der Waals surface area contributed by atoms with Crippen molar-refractivity contribution in [2.75, 3.05) is 37.6 Å². The van der Waals surface area contributed by atoms with Crippen LogP contribution >= 0.6 is 35.3 Å². The van der Waals surface area contributed by atoms with Crippen LogP contribution in [-0.2, 0) is 0 Å². The molecule has 1 aliphatic heterocycles. The normalized spacial score (nSPS) is 16.3. The largest absolute Gasteiger partial charge is 0.370 e. The fraction of sp³-hybridized carbons (Fsp3) is 0.444. The minimum absolute atomic E-state index is 0. The summed E-state index contributed by atoms with van der Waals surface area (Å²) in [6, 6.07) is 6.64. The van der Waals surface area contributed by atoms with Crippen molar-refractivity contribution in [2.24, 2.45) is 10.7 Å². The summed E-state index contributed by atoms with van der Waals surface area (Å²) < 4.78 is 13.0. The number of nitrogens with two attached hydrogens (primary N) is 1. The Labute approximate surface area is 175 Å². The third kappa shape index (κ3) is 5.29. The Morgan fingerprint density at radius 2 is 1.92 bits per heavy atom. The molecular weight excluding hydrogens is 464 g/mol. The van der Waals surface area contributed by atoms with Crippen molar-refractivity contribution >= 4 is 47.0 Å². The standard InChI is InChI=1S/C18H24FN5S.HI/c1-13(17-21-12-14(2)25-17)11-22-18(20)24-9-7-23(8-10-24)16-5-3-15(19)4-6-16;/h3-6,12-13H,7-11H2,1-2H3,(H2,20,22);1H. The van der Waals surface area contributed by atoms with E-state index < -0.39 is 0 Å². The molecule has 0 aliphatic carbocycles. The molecule has 8 heteroatoms. The summed E-state index contributed by atoms with van der Waals surface area (Å²) in [7, 11) is 0. The quantitative estimate of drug-likeness (QED) is 0.406. The molecule has 2 N–H and O–H groups in total. The van der Waals surface area contributed by atoms with Crippen molar-refractivity contribution in [1.29, 1.82) is 0 Å². The number of guanidine groups is 1. The Kier molecular flexibility index (Phi) is 7.63. The van der Waals surface area contributed by atoms with Crippen molar-refractivity contribution in [1.82, 2.24) is 9.88 Å². The van der Waals surface area contributed by atoms with E-state index in [-0.39, 0.29) is 35.7 Å². The van der Waals surface area contributed by atoms with Gasteiger partial charge in [-0.25, -0.2) is 9.37 Å². The van der Waals surface area contributed by atoms with Crippen molar-refractivity contribution < 1.29 is 4.39 Å². The van der Waals surface area contributed by atoms with Crippen LogP contribution < -0.4 is 10.6 Å². The van der Waals surface area contributed by atoms with Gasteiger partial charge in [-0.3, -0.25) is 4.99 Å². The number of benzene rings is 1. The Hall–Kier alpha value is -1.42. The Bertz CT molecular complexity index is 725. The zero-order chi connectivity index (χ0) is 17.8. The van der Waals surface area contributed by atoms with Crippen LogP contribution in [0, 0.1) is 12.7 Å². The number of anilines is 1. The van der Waals surface area contributed by atoms with Gasteiger partial charge in [0.2, 0.25) is 0 Å². The number of halogens is 2. The molecule has 0 amide bonds. The molecule has 0 bridgehead atoms. The molecule has 1 aromatic carbocycles. The summed E-state index contributed by atoms with van der Waals surface area (Å²) in [5.74, 6) is 0.667. The summed E-state index contributed by atoms with van der Waals surface area (Å²) >= 11 is 1.71. The second-order valence-electron chi connectivity index (χ2n) is 6.36. The van der Waals surface area contributed by atoms with Crippen molar-refractivity contribution in [3.05, 3.63) is 46.2 Å². The second-order valence-corrected chi connectivity index (χ2v) is 7.63. The highest BCUT2D eigenvalue weighted by Gasteiger charge is 2.19. The maximum absolute atomic E-state index is 13.0. The van der Waals surface area contributed by atoms with E-state index in [1.54, 1.807) is 11.3 Å². The van der Waals surface area contributed by atoms with E-state index in [9.17, 15) is 4.39 Å². The topological polar surface area (TPSA) is 57.8 Å². The van der Waals surface area contributed by atoms with Gasteiger partial charge in [-0.05, 0) is 31.2 Å². The van der Waals surface area contributed by atoms with Gasteiger partial charge in [0.1, 0.15) is 5.82 Å². The van der Waals surface area contributed by atoms with Crippen LogP contribution in [0.25, 0.3) is 0 Å². The highest BCUT2D eigenvalue weighted by atomic mass is 127. The summed E-state index contributed by atoms with van der Waals surface area (Å²) in [5.41, 5.74) is 7.22. The molecule has 2 heterocycles. The van der Waals surface area contributed by atoms with Crippen LogP contribution in [0.15, 0.2) is 35.5 Å². The van der Waals surface area contributed by atoms with E-state index in [1.807, 2.05) is 18.3 Å². The summed E-state index contributed by atoms with van der Waals surface area (Å²) in [6.45, 7) is 8.17. The van der Waals surface area contributed by atoms with Gasteiger partial charge in [0.25, 0.3) is 0 Å². The number of rotatable bonds is 4. The number of aromatic nitrogens is 1. The zero-order valence-electron chi connectivity index (χ0n) is 15.1. The summed E-state index contributed by atoms with van der Waals surface area (Å²) in [4.78, 5) is 14.5. The molecule has 26 heavy (non-hydrogen) atoms. The number of aliphatic imine (C=N–C) groups is 1. The average Bonchev–Trinajstić information content (AvgIpc) is 3.07. The smallest absolute Gasteiger partial charge is 0.191 e. The molecule has 1 saturated heterocycles. The molecule has 1 fully saturated rings. The lowest BCUT2D eigenvalue weighted by Gasteiger charge is -2.36. The minimum atomic E-state index is -0.205. The first-order valence-electron chi connectivity index (χ1n) is 8.50. The molecule has 1 aliphatic rings. The lowest BCUT2D eigenvalue weighted by atomic mass is 10.2. The fourth-order valence-corrected chi connectivity index (χ4v) is 3.67. The Balaban J connectivity index is 0.00000243. The third-order valence-corrected chi connectivity index (χ3v) is 5.53. The van der Waals surface area contributed by atoms with Crippen molar-refractivity contribution in [2.45, 2.75) is 19.8 Å². The van der Waals surface area contributed by atoms with Gasteiger partial charge in [0.05, 0.1) is 11.6 Å². The molecule has 142 valence electrons. The lowest BCUT2D eigenvalue weighted by Crippen LogP contribution is -2.51. The molecule has 0 spiro atoms. The predicted octanol–water partition coefficient (Wildman–Crippen LogP) is 3.45. The number of hydrogen-bond donors (Lipinski definition) is 1. The number of hydrogen-bond acceptors (Lipinski definition) is 4. The maximum Gasteiger partial charge on any atom is 0.191 e. The lowest BCUT2D eigenvalue weighted by molar-refractivity contribution is 0.380. The van der Waals surface area contributed by atoms with E-state index in [1.165, 1.54) is 17.0 Å². The Morgan fingerprint density at radius 1 is 1.27 bits per heavy atom. The molecule has 0 saturated carbocycles. The first kappa shape index (κ1) is 20.9. The van der Waals surface area contributed by atoms with Gasteiger partial charge in [0.15, 0.2) is 5.96 Å². The third-order valence-electron chi connectivity index (χ3n) is 4.38. The monoisotopic (exact) mass is 489 g/mol. The number of piperazine rings is 1. The van der Waals surface area contributed by atoms with Crippen LogP contribution in [-0.4, -0.2) is 48.6 Å². The van der Waals surface area contributed by atoms with Gasteiger partial charge in [-0.15, -0.1) is 35.3 Å². The van der Waals surface area contributed by atoms with Crippen LogP contribution in [0.1, 0.15) is 22.7 Å². The van der Waals surface area contributed by atoms with Crippen molar-refractivity contribution in [3.63, 3.8) is 0 Å². The molecule has 5 nitrogen and oxygen atoms in total. The molecule has 0 radical (unpaired) electrons. The van der Waals surface area contributed by atoms with Gasteiger partial charge in [-0.2, -0.15) is 0 Å². The molecular formula is C18H25FIN5S. The van der Waals surface area contributed by atoms with Gasteiger partial charge in [-0.1, -0.05) is 6.92 Å². The van der Waals surface area contributed by atoms with E-state index in [0.29, 0.717) is 12.5 Å². The first-order valence-corrected chi connectivity index (χ1v) is 9.32. The zero-order valence-corrected chi connectivity index (χ0v) is 18.2. The number of nitrogens with zero attached hydrogens (tertiary/aromatic N) is 4. The van der Waals surface area contributed by atoms with Crippen LogP contribution in [0.3, 0.4) is 0 Å². The average molecular weight is 489 g/mol. The van der Waals surface area contributed by atoms with Crippen molar-refractivity contribution in [3.8, 4) is 0 Å². The van der Waals surface area contributed by atoms with Gasteiger partial charge >= 0.3 is 0 Å². The van der Waals surface area contributed by atoms with Gasteiger partial charge in [0, 0.05) is 48.9 Å². The van der Waals surface area contributed by atoms with Crippen LogP contribution in [0.4, 0.5) is 10.1 Å². The van der Waals surface area contributed by atoms with E-state index >= 15 is 0 Å². The molecule has 1 aromatic heterocycles. The highest BCUT2D eigenvalue weighted by Crippen LogP contribution is 2.21. The second kappa shape index (κ2) is 9.50. The van der Waals surface area contributed by atoms with E-state index in [2.05, 4.69) is 33.6 Å². The molecule has 1 unspecified atom stereocenters. The van der Waals surface area contributed by atoms with E-state index in [4.69, 9.17) is 5.73 Å². The predicted molar refractivity (Wildman–Crippen MR) is 117 cm³/mol. The number of thiazole rings is 1. The number of aryl methyl sites for hydroxylation is 1. The molecule has 2 aromatic rings. The van der Waals surface area contributed by atoms with E-state index in [0.717, 1.165) is 36.9 Å². The fourth-order valence-electron chi connectivity index (χ4n) is 2.85. The summed E-state index contributed by atoms with van der Waals surface area (Å²) in [5, 5.41) is 1.11. The highest BCUT2D eigenvalue weighted by molar-refractivity contribution is 14.0. The maximum atomic E-state index is 13.0. The Morgan fingerprint density at radius 3 is 2.50 bits per heavy atom. The van der Waals surface area contributed by atoms with Crippen LogP contribution in [0.2, 0.25) is 0 Å². The van der Waals surface area contributed by atoms with Gasteiger partial charge < -0.3 is 15.5 Å². The SMILES string of the molecule is Cc1cnc(C(C)CN=C(N)N2CCN(c3ccc(F)cc3)CC2)s1.I. The van der Waals surface area contributed by atoms with Crippen LogP contribution in [0.5, 0.6) is 0 Å². The first-order chi connectivity index (χ1) is 12.0.